The Kier molecular flexibility index (Phi) is 11.5. The highest BCUT2D eigenvalue weighted by molar-refractivity contribution is 5.64. The Balaban J connectivity index is 1.82. The Hall–Kier alpha value is -2.12. The molecular formula is C26H40N2O4. The summed E-state index contributed by atoms with van der Waals surface area (Å²) in [4.78, 5) is 4.35. The summed E-state index contributed by atoms with van der Waals surface area (Å²) in [7, 11) is 0. The van der Waals surface area contributed by atoms with Gasteiger partial charge in [-0.3, -0.25) is 0 Å². The lowest BCUT2D eigenvalue weighted by atomic mass is 10.1. The van der Waals surface area contributed by atoms with E-state index in [1.807, 2.05) is 48.5 Å². The average molecular weight is 445 g/mol. The van der Waals surface area contributed by atoms with Gasteiger partial charge >= 0.3 is 0 Å². The van der Waals surface area contributed by atoms with Gasteiger partial charge in [0.15, 0.2) is 0 Å². The number of ether oxygens (including phenoxy) is 2. The molecule has 32 heavy (non-hydrogen) atoms. The number of hydrogen-bond acceptors (Lipinski definition) is 6. The summed E-state index contributed by atoms with van der Waals surface area (Å²) in [6, 6.07) is 15.7. The second kappa shape index (κ2) is 14.1. The Morgan fingerprint density at radius 2 is 0.906 bits per heavy atom. The minimum atomic E-state index is -0.507. The zero-order valence-electron chi connectivity index (χ0n) is 20.0. The van der Waals surface area contributed by atoms with Crippen molar-refractivity contribution in [3.8, 4) is 22.6 Å². The first-order chi connectivity index (χ1) is 15.5. The van der Waals surface area contributed by atoms with Crippen molar-refractivity contribution in [2.45, 2.75) is 39.9 Å². The average Bonchev–Trinajstić information content (AvgIpc) is 2.84. The fourth-order valence-electron chi connectivity index (χ4n) is 3.54. The number of rotatable bonds is 15. The van der Waals surface area contributed by atoms with Crippen molar-refractivity contribution in [1.82, 2.24) is 9.80 Å². The fourth-order valence-corrected chi connectivity index (χ4v) is 3.54. The van der Waals surface area contributed by atoms with E-state index in [0.717, 1.165) is 48.8 Å². The summed E-state index contributed by atoms with van der Waals surface area (Å²) in [6.07, 6.45) is -1.01. The quantitative estimate of drug-likeness (QED) is 0.438. The van der Waals surface area contributed by atoms with Crippen LogP contribution in [0.1, 0.15) is 27.7 Å². The van der Waals surface area contributed by atoms with Crippen molar-refractivity contribution in [1.29, 1.82) is 0 Å². The van der Waals surface area contributed by atoms with Gasteiger partial charge in [0, 0.05) is 13.1 Å². The van der Waals surface area contributed by atoms with Crippen molar-refractivity contribution in [2.75, 3.05) is 52.5 Å². The highest BCUT2D eigenvalue weighted by atomic mass is 16.5. The Bertz CT molecular complexity index is 678. The van der Waals surface area contributed by atoms with Crippen molar-refractivity contribution in [3.05, 3.63) is 48.5 Å². The molecule has 0 aliphatic carbocycles. The zero-order chi connectivity index (χ0) is 23.3. The smallest absolute Gasteiger partial charge is 0.119 e. The SMILES string of the molecule is CCN(CC)CC(O)COc1ccc(-c2ccc(OCC(O)CN(CC)CC)cc2)cc1. The van der Waals surface area contributed by atoms with E-state index in [4.69, 9.17) is 9.47 Å². The first-order valence-electron chi connectivity index (χ1n) is 11.8. The third kappa shape index (κ3) is 8.79. The van der Waals surface area contributed by atoms with E-state index in [9.17, 15) is 10.2 Å². The third-order valence-corrected chi connectivity index (χ3v) is 5.65. The number of nitrogens with zero attached hydrogens (tertiary/aromatic N) is 2. The fraction of sp³-hybridized carbons (Fsp3) is 0.538. The van der Waals surface area contributed by atoms with Gasteiger partial charge in [0.25, 0.3) is 0 Å². The van der Waals surface area contributed by atoms with Gasteiger partial charge in [-0.05, 0) is 61.6 Å². The second-order valence-electron chi connectivity index (χ2n) is 7.95. The lowest BCUT2D eigenvalue weighted by molar-refractivity contribution is 0.0715. The maximum absolute atomic E-state index is 10.2. The van der Waals surface area contributed by atoms with E-state index >= 15 is 0 Å². The molecule has 2 unspecified atom stereocenters. The second-order valence-corrected chi connectivity index (χ2v) is 7.95. The van der Waals surface area contributed by atoms with Crippen LogP contribution in [0.4, 0.5) is 0 Å². The van der Waals surface area contributed by atoms with Crippen LogP contribution in [0.15, 0.2) is 48.5 Å². The molecule has 0 fully saturated rings. The molecule has 0 saturated heterocycles. The van der Waals surface area contributed by atoms with Crippen LogP contribution in [-0.2, 0) is 0 Å². The first kappa shape index (κ1) is 26.1. The number of likely N-dealkylation sites (N-methyl/N-ethyl adjacent to an activating group) is 2. The van der Waals surface area contributed by atoms with Crippen molar-refractivity contribution in [2.24, 2.45) is 0 Å². The largest absolute Gasteiger partial charge is 0.491 e. The topological polar surface area (TPSA) is 65.4 Å². The molecule has 0 amide bonds. The predicted molar refractivity (Wildman–Crippen MR) is 130 cm³/mol. The van der Waals surface area contributed by atoms with Crippen LogP contribution in [0, 0.1) is 0 Å². The van der Waals surface area contributed by atoms with E-state index in [1.54, 1.807) is 0 Å². The minimum absolute atomic E-state index is 0.280. The third-order valence-electron chi connectivity index (χ3n) is 5.65. The standard InChI is InChI=1S/C26H40N2O4/c1-5-27(6-2)17-23(29)19-31-25-13-9-21(10-14-25)22-11-15-26(16-12-22)32-20-24(30)18-28(7-3)8-4/h9-16,23-24,29-30H,5-8,17-20H2,1-4H3. The molecule has 6 nitrogen and oxygen atoms in total. The molecule has 2 aromatic carbocycles. The van der Waals surface area contributed by atoms with Crippen LogP contribution >= 0.6 is 0 Å². The van der Waals surface area contributed by atoms with Gasteiger partial charge < -0.3 is 29.5 Å². The summed E-state index contributed by atoms with van der Waals surface area (Å²) in [5.41, 5.74) is 2.16. The van der Waals surface area contributed by atoms with Crippen molar-refractivity contribution < 1.29 is 19.7 Å². The predicted octanol–water partition coefficient (Wildman–Crippen LogP) is 3.52. The maximum atomic E-state index is 10.2. The van der Waals surface area contributed by atoms with Gasteiger partial charge in [0.2, 0.25) is 0 Å². The molecule has 2 rings (SSSR count). The summed E-state index contributed by atoms with van der Waals surface area (Å²) >= 11 is 0. The van der Waals surface area contributed by atoms with E-state index in [2.05, 4.69) is 37.5 Å². The molecule has 2 aromatic rings. The molecule has 2 N–H and O–H groups in total. The molecule has 6 heteroatoms. The monoisotopic (exact) mass is 444 g/mol. The van der Waals surface area contributed by atoms with E-state index < -0.39 is 12.2 Å². The van der Waals surface area contributed by atoms with Crippen molar-refractivity contribution >= 4 is 0 Å². The van der Waals surface area contributed by atoms with Gasteiger partial charge in [-0.25, -0.2) is 0 Å². The van der Waals surface area contributed by atoms with Gasteiger partial charge in [0.05, 0.1) is 0 Å². The summed E-state index contributed by atoms with van der Waals surface area (Å²) in [5.74, 6) is 1.49. The van der Waals surface area contributed by atoms with Gasteiger partial charge in [-0.1, -0.05) is 52.0 Å². The van der Waals surface area contributed by atoms with Crippen LogP contribution in [0.2, 0.25) is 0 Å². The van der Waals surface area contributed by atoms with Gasteiger partial charge in [-0.2, -0.15) is 0 Å². The highest BCUT2D eigenvalue weighted by Gasteiger charge is 2.11. The molecule has 0 bridgehead atoms. The van der Waals surface area contributed by atoms with Crippen LogP contribution in [-0.4, -0.2) is 84.7 Å². The molecule has 0 heterocycles. The minimum Gasteiger partial charge on any atom is -0.491 e. The maximum Gasteiger partial charge on any atom is 0.119 e. The summed E-state index contributed by atoms with van der Waals surface area (Å²) < 4.78 is 11.5. The Morgan fingerprint density at radius 1 is 0.594 bits per heavy atom. The number of benzene rings is 2. The lowest BCUT2D eigenvalue weighted by Gasteiger charge is -2.22. The van der Waals surface area contributed by atoms with Crippen LogP contribution in [0.5, 0.6) is 11.5 Å². The molecule has 0 aliphatic heterocycles. The molecule has 0 aliphatic rings. The van der Waals surface area contributed by atoms with Crippen LogP contribution in [0.3, 0.4) is 0 Å². The van der Waals surface area contributed by atoms with E-state index in [0.29, 0.717) is 13.1 Å². The summed E-state index contributed by atoms with van der Waals surface area (Å²) in [6.45, 7) is 13.8. The number of aliphatic hydroxyl groups excluding tert-OH is 2. The molecule has 178 valence electrons. The normalized spacial score (nSPS) is 13.4. The summed E-state index contributed by atoms with van der Waals surface area (Å²) in [5, 5.41) is 20.3. The molecule has 0 radical (unpaired) electrons. The van der Waals surface area contributed by atoms with Gasteiger partial charge in [0.1, 0.15) is 36.9 Å². The lowest BCUT2D eigenvalue weighted by Crippen LogP contribution is -2.35. The van der Waals surface area contributed by atoms with Crippen LogP contribution in [0.25, 0.3) is 11.1 Å². The number of aliphatic hydroxyl groups is 2. The number of hydrogen-bond donors (Lipinski definition) is 2. The van der Waals surface area contributed by atoms with Gasteiger partial charge in [-0.15, -0.1) is 0 Å². The molecule has 2 atom stereocenters. The van der Waals surface area contributed by atoms with Crippen molar-refractivity contribution in [3.63, 3.8) is 0 Å². The first-order valence-corrected chi connectivity index (χ1v) is 11.8. The Morgan fingerprint density at radius 3 is 1.19 bits per heavy atom. The molecular weight excluding hydrogens is 404 g/mol. The highest BCUT2D eigenvalue weighted by Crippen LogP contribution is 2.25. The molecule has 0 saturated carbocycles. The molecule has 0 aromatic heterocycles. The molecule has 0 spiro atoms. The van der Waals surface area contributed by atoms with Crippen LogP contribution < -0.4 is 9.47 Å². The Labute approximate surface area is 193 Å². The van der Waals surface area contributed by atoms with E-state index in [-0.39, 0.29) is 13.2 Å². The van der Waals surface area contributed by atoms with E-state index in [1.165, 1.54) is 0 Å². The zero-order valence-corrected chi connectivity index (χ0v) is 20.0.